The van der Waals surface area contributed by atoms with E-state index in [-0.39, 0.29) is 5.37 Å². The molecule has 4 rings (SSSR count). The summed E-state index contributed by atoms with van der Waals surface area (Å²) < 4.78 is 15.8. The summed E-state index contributed by atoms with van der Waals surface area (Å²) in [6.07, 6.45) is 2.62. The smallest absolute Gasteiger partial charge is 0.160 e. The second-order valence-corrected chi connectivity index (χ2v) is 12.6. The Morgan fingerprint density at radius 1 is 0.875 bits per heavy atom. The van der Waals surface area contributed by atoms with Crippen molar-refractivity contribution in [3.8, 4) is 17.2 Å². The minimum atomic E-state index is -0.598. The van der Waals surface area contributed by atoms with Gasteiger partial charge in [-0.1, -0.05) is 66.7 Å². The third-order valence-electron chi connectivity index (χ3n) is 7.51. The predicted molar refractivity (Wildman–Crippen MR) is 199 cm³/mol. The molecule has 0 saturated carbocycles. The van der Waals surface area contributed by atoms with Crippen LogP contribution in [0.3, 0.4) is 0 Å². The molecular weight excluding hydrogens is 623 g/mol. The summed E-state index contributed by atoms with van der Waals surface area (Å²) in [5.41, 5.74) is 10.3. The van der Waals surface area contributed by atoms with Crippen molar-refractivity contribution in [3.05, 3.63) is 120 Å². The Kier molecular flexibility index (Phi) is 18.5. The van der Waals surface area contributed by atoms with Crippen molar-refractivity contribution in [2.45, 2.75) is 43.4 Å². The first-order valence-corrected chi connectivity index (χ1v) is 16.8. The molecule has 2 atom stereocenters. The van der Waals surface area contributed by atoms with Crippen LogP contribution in [0.5, 0.6) is 17.2 Å². The molecule has 0 aliphatic heterocycles. The molecule has 0 bridgehead atoms. The Morgan fingerprint density at radius 3 is 2.08 bits per heavy atom. The van der Waals surface area contributed by atoms with Gasteiger partial charge in [-0.2, -0.15) is 0 Å². The number of nitrogens with one attached hydrogen (secondary N) is 1. The molecule has 3 N–H and O–H groups in total. The van der Waals surface area contributed by atoms with Gasteiger partial charge in [0, 0.05) is 19.3 Å². The van der Waals surface area contributed by atoms with Gasteiger partial charge in [0.1, 0.15) is 24.2 Å². The van der Waals surface area contributed by atoms with Gasteiger partial charge in [-0.05, 0) is 92.9 Å². The molecule has 9 heteroatoms. The molecule has 0 spiro atoms. The van der Waals surface area contributed by atoms with Crippen LogP contribution in [0.25, 0.3) is 0 Å². The molecule has 48 heavy (non-hydrogen) atoms. The third kappa shape index (κ3) is 13.1. The number of methoxy groups -OCH3 is 2. The van der Waals surface area contributed by atoms with E-state index in [1.54, 1.807) is 26.0 Å². The van der Waals surface area contributed by atoms with E-state index in [9.17, 15) is 4.79 Å². The monoisotopic (exact) mass is 673 g/mol. The van der Waals surface area contributed by atoms with E-state index in [0.29, 0.717) is 19.6 Å². The summed E-state index contributed by atoms with van der Waals surface area (Å²) >= 11 is 1.66. The van der Waals surface area contributed by atoms with Crippen LogP contribution in [0.15, 0.2) is 103 Å². The normalized spacial score (nSPS) is 12.1. The molecule has 258 valence electrons. The zero-order chi connectivity index (χ0) is 35.2. The summed E-state index contributed by atoms with van der Waals surface area (Å²) in [7, 11) is 5.34. The Bertz CT molecular complexity index is 1430. The maximum atomic E-state index is 12.5. The van der Waals surface area contributed by atoms with Crippen molar-refractivity contribution in [2.24, 2.45) is 5.73 Å². The van der Waals surface area contributed by atoms with E-state index in [1.165, 1.54) is 0 Å². The molecule has 0 heterocycles. The van der Waals surface area contributed by atoms with Crippen LogP contribution in [0.1, 0.15) is 42.3 Å². The summed E-state index contributed by atoms with van der Waals surface area (Å²) in [4.78, 5) is 22.7. The molecule has 1 unspecified atom stereocenters. The van der Waals surface area contributed by atoms with Gasteiger partial charge in [-0.15, -0.1) is 11.8 Å². The zero-order valence-corrected chi connectivity index (χ0v) is 29.7. The minimum Gasteiger partial charge on any atom is -0.494 e. The van der Waals surface area contributed by atoms with Crippen molar-refractivity contribution in [3.63, 3.8) is 0 Å². The molecule has 0 aromatic heterocycles. The fraction of sp³-hybridized carbons (Fsp3) is 0.333. The quantitative estimate of drug-likeness (QED) is 0.0690. The fourth-order valence-corrected chi connectivity index (χ4v) is 6.18. The first kappa shape index (κ1) is 39.9. The lowest BCUT2D eigenvalue weighted by molar-refractivity contribution is -0.109. The zero-order valence-electron chi connectivity index (χ0n) is 28.9. The number of ether oxygens (including phenoxy) is 3. The average Bonchev–Trinajstić information content (AvgIpc) is 3.15. The number of nitrogens with two attached hydrogens (primary N) is 1. The summed E-state index contributed by atoms with van der Waals surface area (Å²) in [6.45, 7) is 8.60. The van der Waals surface area contributed by atoms with Crippen molar-refractivity contribution in [1.82, 2.24) is 5.32 Å². The van der Waals surface area contributed by atoms with Crippen molar-refractivity contribution in [1.29, 1.82) is 0 Å². The molecule has 0 amide bonds. The topological polar surface area (TPSA) is 103 Å². The molecule has 0 fully saturated rings. The Balaban J connectivity index is 0.000000884. The second-order valence-electron chi connectivity index (χ2n) is 11.0. The van der Waals surface area contributed by atoms with Gasteiger partial charge in [0.2, 0.25) is 0 Å². The summed E-state index contributed by atoms with van der Waals surface area (Å²) in [5, 5.41) is 3.42. The van der Waals surface area contributed by atoms with Gasteiger partial charge in [0.05, 0.1) is 25.6 Å². The third-order valence-corrected chi connectivity index (χ3v) is 9.17. The Morgan fingerprint density at radius 2 is 1.52 bits per heavy atom. The first-order chi connectivity index (χ1) is 23.4. The standard InChI is InChI=1S/C32H43N3O4S.C6H6.CH2O/c1-6-39-28-13-11-26(12-14-28)31(35(3)27-9-7-8-25(20-27)22-33)40-32(2,23-36)17-19-34-18-16-24-10-15-29(37-4)30(21-24)38-5;1-2-4-6-5-3-1;1-2/h7-15,20-21,23,31,34H,6,16-19,22,33H2,1-5H3;1-6H;1H2/t31?,32-;;/m1../s1. The summed E-state index contributed by atoms with van der Waals surface area (Å²) in [5.74, 6) is 2.28. The van der Waals surface area contributed by atoms with Crippen LogP contribution in [0.4, 0.5) is 5.69 Å². The van der Waals surface area contributed by atoms with E-state index < -0.39 is 4.75 Å². The van der Waals surface area contributed by atoms with E-state index in [1.807, 2.05) is 99.5 Å². The van der Waals surface area contributed by atoms with Crippen LogP contribution >= 0.6 is 11.8 Å². The predicted octanol–water partition coefficient (Wildman–Crippen LogP) is 7.11. The molecule has 4 aromatic carbocycles. The molecule has 0 aliphatic carbocycles. The lowest BCUT2D eigenvalue weighted by Gasteiger charge is -2.36. The maximum Gasteiger partial charge on any atom is 0.160 e. The van der Waals surface area contributed by atoms with Gasteiger partial charge in [0.25, 0.3) is 0 Å². The van der Waals surface area contributed by atoms with Crippen LogP contribution < -0.4 is 30.2 Å². The molecular formula is C39H51N3O5S. The van der Waals surface area contributed by atoms with E-state index in [2.05, 4.69) is 41.5 Å². The second kappa shape index (κ2) is 22.3. The number of benzene rings is 4. The van der Waals surface area contributed by atoms with Crippen LogP contribution in [0, 0.1) is 0 Å². The van der Waals surface area contributed by atoms with Crippen molar-refractivity contribution >= 4 is 30.5 Å². The number of thioether (sulfide) groups is 1. The van der Waals surface area contributed by atoms with Gasteiger partial charge in [-0.3, -0.25) is 0 Å². The van der Waals surface area contributed by atoms with Gasteiger partial charge >= 0.3 is 0 Å². The minimum absolute atomic E-state index is 0.0920. The van der Waals surface area contributed by atoms with Crippen LogP contribution in [-0.2, 0) is 22.6 Å². The van der Waals surface area contributed by atoms with Gasteiger partial charge in [0.15, 0.2) is 11.5 Å². The molecule has 0 aliphatic rings. The largest absolute Gasteiger partial charge is 0.494 e. The highest BCUT2D eigenvalue weighted by Crippen LogP contribution is 2.43. The van der Waals surface area contributed by atoms with Crippen molar-refractivity contribution < 1.29 is 23.8 Å². The highest BCUT2D eigenvalue weighted by Gasteiger charge is 2.31. The van der Waals surface area contributed by atoms with E-state index in [0.717, 1.165) is 65.4 Å². The first-order valence-electron chi connectivity index (χ1n) is 16.0. The Hall–Kier alpha value is -4.31. The number of hydrogen-bond acceptors (Lipinski definition) is 9. The van der Waals surface area contributed by atoms with Crippen LogP contribution in [0.2, 0.25) is 0 Å². The average molecular weight is 674 g/mol. The number of anilines is 1. The van der Waals surface area contributed by atoms with E-state index >= 15 is 0 Å². The summed E-state index contributed by atoms with van der Waals surface area (Å²) in [6, 6.07) is 34.4. The molecule has 0 saturated heterocycles. The van der Waals surface area contributed by atoms with Crippen LogP contribution in [-0.4, -0.2) is 58.8 Å². The SMILES string of the molecule is C=O.CCOc1ccc(C(S[C@@](C)(C=O)CCNCCc2ccc(OC)c(OC)c2)N(C)c2cccc(CN)c2)cc1.c1ccccc1. The van der Waals surface area contributed by atoms with Gasteiger partial charge < -0.3 is 39.8 Å². The van der Waals surface area contributed by atoms with E-state index in [4.69, 9.17) is 24.7 Å². The maximum absolute atomic E-state index is 12.5. The lowest BCUT2D eigenvalue weighted by Crippen LogP contribution is -2.33. The fourth-order valence-electron chi connectivity index (χ4n) is 4.82. The van der Waals surface area contributed by atoms with Crippen molar-refractivity contribution in [2.75, 3.05) is 45.9 Å². The number of aldehydes is 1. The van der Waals surface area contributed by atoms with Gasteiger partial charge in [-0.25, -0.2) is 0 Å². The molecule has 4 aromatic rings. The number of hydrogen-bond donors (Lipinski definition) is 2. The number of rotatable bonds is 17. The number of nitrogens with zero attached hydrogens (tertiary/aromatic N) is 1. The molecule has 8 nitrogen and oxygen atoms in total. The number of carbonyl (C=O) groups excluding carboxylic acids is 2. The Labute approximate surface area is 291 Å². The highest BCUT2D eigenvalue weighted by atomic mass is 32.2. The lowest BCUT2D eigenvalue weighted by atomic mass is 10.1. The number of carbonyl (C=O) groups is 2. The highest BCUT2D eigenvalue weighted by molar-refractivity contribution is 8.01. The molecule has 0 radical (unpaired) electrons.